The SMILES string of the molecule is COc1ccccc1-c1noc(CCC(=O)N2CCC3(CC2)OCCO3)n1. The molecule has 0 radical (unpaired) electrons. The molecule has 0 aliphatic carbocycles. The van der Waals surface area contributed by atoms with Gasteiger partial charge in [0.05, 0.1) is 25.9 Å². The minimum atomic E-state index is -0.465. The molecule has 1 amide bonds. The highest BCUT2D eigenvalue weighted by molar-refractivity contribution is 5.76. The molecule has 2 saturated heterocycles. The fraction of sp³-hybridized carbons (Fsp3) is 0.526. The largest absolute Gasteiger partial charge is 0.496 e. The Bertz CT molecular complexity index is 790. The van der Waals surface area contributed by atoms with Gasteiger partial charge >= 0.3 is 0 Å². The van der Waals surface area contributed by atoms with Crippen molar-refractivity contribution in [3.05, 3.63) is 30.2 Å². The Morgan fingerprint density at radius 1 is 1.22 bits per heavy atom. The van der Waals surface area contributed by atoms with Gasteiger partial charge in [0.1, 0.15) is 5.75 Å². The minimum absolute atomic E-state index is 0.0832. The summed E-state index contributed by atoms with van der Waals surface area (Å²) >= 11 is 0. The average Bonchev–Trinajstić information content (AvgIpc) is 3.37. The van der Waals surface area contributed by atoms with E-state index in [-0.39, 0.29) is 5.91 Å². The Kier molecular flexibility index (Phi) is 5.09. The molecule has 8 heteroatoms. The molecule has 1 aromatic carbocycles. The topological polar surface area (TPSA) is 86.9 Å². The fourth-order valence-corrected chi connectivity index (χ4v) is 3.55. The van der Waals surface area contributed by atoms with E-state index >= 15 is 0 Å². The Balaban J connectivity index is 1.32. The van der Waals surface area contributed by atoms with Gasteiger partial charge in [0, 0.05) is 38.8 Å². The van der Waals surface area contributed by atoms with Crippen LogP contribution >= 0.6 is 0 Å². The van der Waals surface area contributed by atoms with Gasteiger partial charge < -0.3 is 23.6 Å². The third kappa shape index (κ3) is 3.81. The zero-order chi connectivity index (χ0) is 18.7. The molecular formula is C19H23N3O5. The number of carbonyl (C=O) groups is 1. The first kappa shape index (κ1) is 17.9. The highest BCUT2D eigenvalue weighted by Crippen LogP contribution is 2.31. The summed E-state index contributed by atoms with van der Waals surface area (Å²) in [4.78, 5) is 18.7. The number of methoxy groups -OCH3 is 1. The van der Waals surface area contributed by atoms with Gasteiger partial charge in [-0.1, -0.05) is 17.3 Å². The van der Waals surface area contributed by atoms with Gasteiger partial charge in [-0.05, 0) is 12.1 Å². The lowest BCUT2D eigenvalue weighted by molar-refractivity contribution is -0.187. The van der Waals surface area contributed by atoms with Crippen LogP contribution < -0.4 is 4.74 Å². The first-order valence-corrected chi connectivity index (χ1v) is 9.21. The number of hydrogen-bond acceptors (Lipinski definition) is 7. The summed E-state index contributed by atoms with van der Waals surface area (Å²) in [5, 5.41) is 4.01. The fourth-order valence-electron chi connectivity index (χ4n) is 3.55. The number of piperidine rings is 1. The number of para-hydroxylation sites is 1. The Morgan fingerprint density at radius 2 is 1.96 bits per heavy atom. The number of aryl methyl sites for hydroxylation is 1. The van der Waals surface area contributed by atoms with Gasteiger partial charge in [-0.2, -0.15) is 4.98 Å². The number of amides is 1. The van der Waals surface area contributed by atoms with E-state index in [1.165, 1.54) is 0 Å². The summed E-state index contributed by atoms with van der Waals surface area (Å²) in [5.74, 6) is 1.21. The second-order valence-electron chi connectivity index (χ2n) is 6.70. The van der Waals surface area contributed by atoms with Gasteiger partial charge in [0.15, 0.2) is 5.79 Å². The Labute approximate surface area is 157 Å². The first-order chi connectivity index (χ1) is 13.2. The predicted octanol–water partition coefficient (Wildman–Crippen LogP) is 2.04. The van der Waals surface area contributed by atoms with E-state index in [0.29, 0.717) is 56.6 Å². The van der Waals surface area contributed by atoms with Crippen molar-refractivity contribution in [2.24, 2.45) is 0 Å². The zero-order valence-corrected chi connectivity index (χ0v) is 15.3. The Morgan fingerprint density at radius 3 is 2.70 bits per heavy atom. The molecule has 0 saturated carbocycles. The van der Waals surface area contributed by atoms with Crippen LogP contribution in [-0.2, 0) is 20.7 Å². The molecule has 0 N–H and O–H groups in total. The molecule has 2 aliphatic heterocycles. The van der Waals surface area contributed by atoms with E-state index in [9.17, 15) is 4.79 Å². The zero-order valence-electron chi connectivity index (χ0n) is 15.3. The standard InChI is InChI=1S/C19H23N3O5/c1-24-15-5-3-2-4-14(15)18-20-16(27-21-18)6-7-17(23)22-10-8-19(9-11-22)25-12-13-26-19/h2-5H,6-13H2,1H3. The van der Waals surface area contributed by atoms with E-state index in [1.54, 1.807) is 7.11 Å². The maximum atomic E-state index is 12.5. The summed E-state index contributed by atoms with van der Waals surface area (Å²) in [6, 6.07) is 7.48. The van der Waals surface area contributed by atoms with E-state index in [0.717, 1.165) is 18.4 Å². The molecule has 4 rings (SSSR count). The van der Waals surface area contributed by atoms with Crippen molar-refractivity contribution in [1.82, 2.24) is 15.0 Å². The maximum Gasteiger partial charge on any atom is 0.227 e. The Hall–Kier alpha value is -2.45. The van der Waals surface area contributed by atoms with Gasteiger partial charge in [0.25, 0.3) is 0 Å². The van der Waals surface area contributed by atoms with Crippen LogP contribution in [0.2, 0.25) is 0 Å². The lowest BCUT2D eigenvalue weighted by atomic mass is 10.0. The summed E-state index contributed by atoms with van der Waals surface area (Å²) < 4.78 is 22.0. The van der Waals surface area contributed by atoms with Crippen molar-refractivity contribution >= 4 is 5.91 Å². The molecule has 3 heterocycles. The van der Waals surface area contributed by atoms with Crippen LogP contribution in [0.15, 0.2) is 28.8 Å². The highest BCUT2D eigenvalue weighted by atomic mass is 16.7. The van der Waals surface area contributed by atoms with E-state index in [1.807, 2.05) is 29.2 Å². The molecule has 0 unspecified atom stereocenters. The minimum Gasteiger partial charge on any atom is -0.496 e. The molecule has 8 nitrogen and oxygen atoms in total. The second kappa shape index (κ2) is 7.66. The molecule has 27 heavy (non-hydrogen) atoms. The molecule has 1 aromatic heterocycles. The quantitative estimate of drug-likeness (QED) is 0.793. The van der Waals surface area contributed by atoms with Crippen LogP contribution in [0.3, 0.4) is 0 Å². The smallest absolute Gasteiger partial charge is 0.227 e. The number of nitrogens with zero attached hydrogens (tertiary/aromatic N) is 3. The molecule has 0 bridgehead atoms. The lowest BCUT2D eigenvalue weighted by Gasteiger charge is -2.37. The van der Waals surface area contributed by atoms with Crippen molar-refractivity contribution < 1.29 is 23.5 Å². The molecule has 144 valence electrons. The maximum absolute atomic E-state index is 12.5. The van der Waals surface area contributed by atoms with Crippen molar-refractivity contribution in [2.75, 3.05) is 33.4 Å². The molecule has 2 aromatic rings. The van der Waals surface area contributed by atoms with Crippen molar-refractivity contribution in [3.63, 3.8) is 0 Å². The number of benzene rings is 1. The van der Waals surface area contributed by atoms with Gasteiger partial charge in [-0.15, -0.1) is 0 Å². The number of aromatic nitrogens is 2. The second-order valence-corrected chi connectivity index (χ2v) is 6.70. The molecule has 0 atom stereocenters. The van der Waals surface area contributed by atoms with Gasteiger partial charge in [-0.3, -0.25) is 4.79 Å². The number of rotatable bonds is 5. The predicted molar refractivity (Wildman–Crippen MR) is 95.1 cm³/mol. The van der Waals surface area contributed by atoms with Gasteiger partial charge in [0.2, 0.25) is 17.6 Å². The monoisotopic (exact) mass is 373 g/mol. The van der Waals surface area contributed by atoms with Crippen molar-refractivity contribution in [3.8, 4) is 17.1 Å². The van der Waals surface area contributed by atoms with Crippen molar-refractivity contribution in [1.29, 1.82) is 0 Å². The lowest BCUT2D eigenvalue weighted by Crippen LogP contribution is -2.47. The van der Waals surface area contributed by atoms with Crippen LogP contribution in [-0.4, -0.2) is 60.1 Å². The van der Waals surface area contributed by atoms with E-state index in [2.05, 4.69) is 10.1 Å². The number of likely N-dealkylation sites (tertiary alicyclic amines) is 1. The number of ether oxygens (including phenoxy) is 3. The number of hydrogen-bond donors (Lipinski definition) is 0. The molecular weight excluding hydrogens is 350 g/mol. The van der Waals surface area contributed by atoms with E-state index in [4.69, 9.17) is 18.7 Å². The normalized spacial score (nSPS) is 18.8. The van der Waals surface area contributed by atoms with Crippen LogP contribution in [0, 0.1) is 0 Å². The van der Waals surface area contributed by atoms with Crippen LogP contribution in [0.25, 0.3) is 11.4 Å². The van der Waals surface area contributed by atoms with Crippen LogP contribution in [0.4, 0.5) is 0 Å². The summed E-state index contributed by atoms with van der Waals surface area (Å²) in [5.41, 5.74) is 0.763. The summed E-state index contributed by atoms with van der Waals surface area (Å²) in [6.07, 6.45) is 2.19. The average molecular weight is 373 g/mol. The van der Waals surface area contributed by atoms with E-state index < -0.39 is 5.79 Å². The van der Waals surface area contributed by atoms with Crippen molar-refractivity contribution in [2.45, 2.75) is 31.5 Å². The van der Waals surface area contributed by atoms with Crippen LogP contribution in [0.5, 0.6) is 5.75 Å². The first-order valence-electron chi connectivity index (χ1n) is 9.21. The molecule has 2 fully saturated rings. The highest BCUT2D eigenvalue weighted by Gasteiger charge is 2.40. The third-order valence-electron chi connectivity index (χ3n) is 5.06. The summed E-state index contributed by atoms with van der Waals surface area (Å²) in [7, 11) is 1.60. The third-order valence-corrected chi connectivity index (χ3v) is 5.06. The van der Waals surface area contributed by atoms with Crippen LogP contribution in [0.1, 0.15) is 25.2 Å². The molecule has 2 aliphatic rings. The molecule has 1 spiro atoms. The summed E-state index contributed by atoms with van der Waals surface area (Å²) in [6.45, 7) is 2.57. The van der Waals surface area contributed by atoms with Gasteiger partial charge in [-0.25, -0.2) is 0 Å². The number of carbonyl (C=O) groups excluding carboxylic acids is 1.